The highest BCUT2D eigenvalue weighted by atomic mass is 35.5. The molecular formula is C11H15ClF2N2O2. The molecule has 0 aliphatic carbocycles. The minimum Gasteiger partial charge on any atom is -0.435 e. The third-order valence-electron chi connectivity index (χ3n) is 2.03. The molecule has 4 nitrogen and oxygen atoms in total. The van der Waals surface area contributed by atoms with Crippen LogP contribution in [0.15, 0.2) is 24.3 Å². The van der Waals surface area contributed by atoms with Gasteiger partial charge in [-0.15, -0.1) is 12.4 Å². The summed E-state index contributed by atoms with van der Waals surface area (Å²) >= 11 is 0. The predicted octanol–water partition coefficient (Wildman–Crippen LogP) is 1.67. The molecule has 1 amide bonds. The van der Waals surface area contributed by atoms with Gasteiger partial charge in [0.1, 0.15) is 5.75 Å². The quantitative estimate of drug-likeness (QED) is 0.862. The fourth-order valence-electron chi connectivity index (χ4n) is 1.14. The first-order valence-electron chi connectivity index (χ1n) is 5.06. The van der Waals surface area contributed by atoms with Crippen LogP contribution in [0.4, 0.5) is 8.78 Å². The van der Waals surface area contributed by atoms with E-state index in [1.165, 1.54) is 12.1 Å². The summed E-state index contributed by atoms with van der Waals surface area (Å²) in [6, 6.07) is 5.45. The van der Waals surface area contributed by atoms with Crippen LogP contribution in [0.2, 0.25) is 0 Å². The van der Waals surface area contributed by atoms with Crippen LogP contribution in [0.5, 0.6) is 5.75 Å². The van der Waals surface area contributed by atoms with Crippen LogP contribution >= 0.6 is 12.4 Å². The maximum Gasteiger partial charge on any atom is 0.387 e. The Morgan fingerprint density at radius 2 is 1.94 bits per heavy atom. The van der Waals surface area contributed by atoms with E-state index in [-0.39, 0.29) is 24.1 Å². The maximum absolute atomic E-state index is 11.9. The van der Waals surface area contributed by atoms with Gasteiger partial charge in [0.2, 0.25) is 5.91 Å². The first-order valence-corrected chi connectivity index (χ1v) is 5.06. The minimum atomic E-state index is -2.83. The lowest BCUT2D eigenvalue weighted by molar-refractivity contribution is -0.122. The van der Waals surface area contributed by atoms with Crippen molar-refractivity contribution in [1.29, 1.82) is 0 Å². The Morgan fingerprint density at radius 1 is 1.39 bits per heavy atom. The van der Waals surface area contributed by atoms with Gasteiger partial charge in [-0.25, -0.2) is 0 Å². The molecule has 1 atom stereocenters. The number of benzene rings is 1. The number of carbonyl (C=O) groups is 1. The highest BCUT2D eigenvalue weighted by Crippen LogP contribution is 2.14. The summed E-state index contributed by atoms with van der Waals surface area (Å²) in [6.07, 6.45) is 0. The monoisotopic (exact) mass is 280 g/mol. The zero-order valence-electron chi connectivity index (χ0n) is 9.73. The van der Waals surface area contributed by atoms with Gasteiger partial charge in [-0.05, 0) is 24.6 Å². The third-order valence-corrected chi connectivity index (χ3v) is 2.03. The SMILES string of the molecule is C[C@@H](N)C(=O)NCc1ccc(OC(F)F)cc1.Cl. The van der Waals surface area contributed by atoms with E-state index in [1.54, 1.807) is 19.1 Å². The molecular weight excluding hydrogens is 266 g/mol. The van der Waals surface area contributed by atoms with E-state index in [4.69, 9.17) is 5.73 Å². The van der Waals surface area contributed by atoms with Crippen LogP contribution < -0.4 is 15.8 Å². The van der Waals surface area contributed by atoms with Crippen molar-refractivity contribution in [1.82, 2.24) is 5.32 Å². The lowest BCUT2D eigenvalue weighted by Gasteiger charge is -2.08. The molecule has 0 bridgehead atoms. The van der Waals surface area contributed by atoms with E-state index in [1.807, 2.05) is 0 Å². The van der Waals surface area contributed by atoms with Crippen molar-refractivity contribution < 1.29 is 18.3 Å². The molecule has 1 aromatic rings. The molecule has 1 aromatic carbocycles. The number of ether oxygens (including phenoxy) is 1. The Balaban J connectivity index is 0.00000289. The van der Waals surface area contributed by atoms with Gasteiger partial charge in [-0.1, -0.05) is 12.1 Å². The van der Waals surface area contributed by atoms with Crippen molar-refractivity contribution in [3.8, 4) is 5.75 Å². The molecule has 0 fully saturated rings. The average Bonchev–Trinajstić information content (AvgIpc) is 2.26. The van der Waals surface area contributed by atoms with Crippen LogP contribution in [0.3, 0.4) is 0 Å². The Bertz CT molecular complexity index is 372. The number of amides is 1. The van der Waals surface area contributed by atoms with E-state index in [0.29, 0.717) is 6.54 Å². The van der Waals surface area contributed by atoms with Gasteiger partial charge in [0.05, 0.1) is 6.04 Å². The zero-order valence-corrected chi connectivity index (χ0v) is 10.5. The molecule has 1 rings (SSSR count). The van der Waals surface area contributed by atoms with Crippen LogP contribution in [0, 0.1) is 0 Å². The molecule has 0 heterocycles. The second kappa shape index (κ2) is 7.84. The Labute approximate surface area is 110 Å². The Morgan fingerprint density at radius 3 is 2.39 bits per heavy atom. The number of nitrogens with two attached hydrogens (primary N) is 1. The number of rotatable bonds is 5. The van der Waals surface area contributed by atoms with E-state index < -0.39 is 12.7 Å². The largest absolute Gasteiger partial charge is 0.435 e. The van der Waals surface area contributed by atoms with Gasteiger partial charge >= 0.3 is 6.61 Å². The molecule has 102 valence electrons. The van der Waals surface area contributed by atoms with E-state index in [9.17, 15) is 13.6 Å². The number of alkyl halides is 2. The minimum absolute atomic E-state index is 0. The van der Waals surface area contributed by atoms with Crippen molar-refractivity contribution in [2.75, 3.05) is 0 Å². The van der Waals surface area contributed by atoms with E-state index >= 15 is 0 Å². The topological polar surface area (TPSA) is 64.4 Å². The number of halogens is 3. The highest BCUT2D eigenvalue weighted by molar-refractivity contribution is 5.85. The van der Waals surface area contributed by atoms with Crippen molar-refractivity contribution in [3.05, 3.63) is 29.8 Å². The second-order valence-electron chi connectivity index (χ2n) is 3.53. The highest BCUT2D eigenvalue weighted by Gasteiger charge is 2.07. The Kier molecular flexibility index (Phi) is 7.23. The third kappa shape index (κ3) is 5.79. The number of hydrogen-bond acceptors (Lipinski definition) is 3. The molecule has 3 N–H and O–H groups in total. The van der Waals surface area contributed by atoms with Gasteiger partial charge < -0.3 is 15.8 Å². The summed E-state index contributed by atoms with van der Waals surface area (Å²) in [5.41, 5.74) is 6.14. The number of carbonyl (C=O) groups excluding carboxylic acids is 1. The molecule has 0 aromatic heterocycles. The molecule has 0 radical (unpaired) electrons. The van der Waals surface area contributed by atoms with Gasteiger partial charge in [-0.3, -0.25) is 4.79 Å². The fraction of sp³-hybridized carbons (Fsp3) is 0.364. The zero-order chi connectivity index (χ0) is 12.8. The van der Waals surface area contributed by atoms with E-state index in [0.717, 1.165) is 5.56 Å². The predicted molar refractivity (Wildman–Crippen MR) is 65.8 cm³/mol. The summed E-state index contributed by atoms with van der Waals surface area (Å²) in [4.78, 5) is 11.2. The summed E-state index contributed by atoms with van der Waals surface area (Å²) in [5.74, 6) is -0.180. The number of nitrogens with one attached hydrogen (secondary N) is 1. The molecule has 7 heteroatoms. The van der Waals surface area contributed by atoms with Gasteiger partial charge in [0.25, 0.3) is 0 Å². The summed E-state index contributed by atoms with van der Waals surface area (Å²) in [7, 11) is 0. The van der Waals surface area contributed by atoms with Crippen molar-refractivity contribution in [2.45, 2.75) is 26.1 Å². The molecule has 0 aliphatic heterocycles. The molecule has 0 aliphatic rings. The second-order valence-corrected chi connectivity index (χ2v) is 3.53. The summed E-state index contributed by atoms with van der Waals surface area (Å²) in [5, 5.41) is 2.61. The molecule has 0 unspecified atom stereocenters. The van der Waals surface area contributed by atoms with Gasteiger partial charge in [-0.2, -0.15) is 8.78 Å². The molecule has 0 saturated heterocycles. The van der Waals surface area contributed by atoms with Crippen molar-refractivity contribution in [2.24, 2.45) is 5.73 Å². The van der Waals surface area contributed by atoms with Crippen LogP contribution in [-0.4, -0.2) is 18.6 Å². The molecule has 0 saturated carbocycles. The fourth-order valence-corrected chi connectivity index (χ4v) is 1.14. The average molecular weight is 281 g/mol. The van der Waals surface area contributed by atoms with Crippen LogP contribution in [0.25, 0.3) is 0 Å². The molecule has 18 heavy (non-hydrogen) atoms. The van der Waals surface area contributed by atoms with E-state index in [2.05, 4.69) is 10.1 Å². The first kappa shape index (κ1) is 16.6. The normalized spacial score (nSPS) is 11.6. The Hall–Kier alpha value is -1.40. The van der Waals surface area contributed by atoms with Crippen LogP contribution in [-0.2, 0) is 11.3 Å². The summed E-state index contributed by atoms with van der Waals surface area (Å²) in [6.45, 7) is -0.955. The maximum atomic E-state index is 11.9. The van der Waals surface area contributed by atoms with Crippen molar-refractivity contribution in [3.63, 3.8) is 0 Å². The van der Waals surface area contributed by atoms with Crippen LogP contribution in [0.1, 0.15) is 12.5 Å². The number of hydrogen-bond donors (Lipinski definition) is 2. The molecule has 0 spiro atoms. The standard InChI is InChI=1S/C11H14F2N2O2.ClH/c1-7(14)10(16)15-6-8-2-4-9(5-3-8)17-11(12)13;/h2-5,7,11H,6,14H2,1H3,(H,15,16);1H/t7-;/m1./s1. The lowest BCUT2D eigenvalue weighted by atomic mass is 10.2. The van der Waals surface area contributed by atoms with Gasteiger partial charge in [0.15, 0.2) is 0 Å². The van der Waals surface area contributed by atoms with Crippen molar-refractivity contribution >= 4 is 18.3 Å². The lowest BCUT2D eigenvalue weighted by Crippen LogP contribution is -2.37. The smallest absolute Gasteiger partial charge is 0.387 e. The first-order chi connectivity index (χ1) is 7.99. The van der Waals surface area contributed by atoms with Gasteiger partial charge in [0, 0.05) is 6.54 Å². The summed E-state index contributed by atoms with van der Waals surface area (Å²) < 4.78 is 27.9.